The van der Waals surface area contributed by atoms with Crippen molar-refractivity contribution < 1.29 is 0 Å². The molecule has 0 aliphatic rings. The van der Waals surface area contributed by atoms with Crippen LogP contribution in [0.2, 0.25) is 0 Å². The van der Waals surface area contributed by atoms with Crippen LogP contribution < -0.4 is 0 Å². The topological polar surface area (TPSA) is 0 Å². The van der Waals surface area contributed by atoms with Gasteiger partial charge in [-0.2, -0.15) is 0 Å². The second-order valence-electron chi connectivity index (χ2n) is 1.48. The molecule has 4 heteroatoms. The van der Waals surface area contributed by atoms with E-state index >= 15 is 0 Å². The predicted molar refractivity (Wildman–Crippen MR) is 48.1 cm³/mol. The maximum Gasteiger partial charge on any atom is 0 e. The molecule has 0 fully saturated rings. The molecule has 0 saturated heterocycles. The zero-order chi connectivity index (χ0) is 4.28. The second kappa shape index (κ2) is 22.6. The molecule has 0 aliphatic carbocycles. The van der Waals surface area contributed by atoms with Crippen LogP contribution in [0.3, 0.4) is 0 Å². The first-order valence-corrected chi connectivity index (χ1v) is 1.90. The summed E-state index contributed by atoms with van der Waals surface area (Å²) in [4.78, 5) is 0. The number of allylic oxidation sites excluding steroid dienone is 1. The van der Waals surface area contributed by atoms with Crippen LogP contribution in [-0.2, 0) is 0 Å². The van der Waals surface area contributed by atoms with Gasteiger partial charge in [-0.1, -0.05) is 19.9 Å². The van der Waals surface area contributed by atoms with Crippen molar-refractivity contribution in [1.29, 1.82) is 0 Å². The van der Waals surface area contributed by atoms with E-state index in [4.69, 9.17) is 0 Å². The Kier molecular flexibility index (Phi) is 73.6. The number of hydrogen-bond acceptors (Lipinski definition) is 0. The van der Waals surface area contributed by atoms with Gasteiger partial charge >= 0.3 is 0 Å². The quantitative estimate of drug-likeness (QED) is 0.384. The molecule has 0 aliphatic heterocycles. The monoisotopic (exact) mass is 162 g/mol. The standard InChI is InChI=1S/C5H10.4Na/c1-4-5(2)3;;;;/h4-5H,1H2,2-3H3;;;;. The van der Waals surface area contributed by atoms with Crippen LogP contribution in [-0.4, -0.2) is 118 Å². The van der Waals surface area contributed by atoms with Crippen molar-refractivity contribution in [3.05, 3.63) is 12.7 Å². The molecule has 0 aromatic heterocycles. The molecule has 0 unspecified atom stereocenters. The van der Waals surface area contributed by atoms with Crippen LogP contribution in [0.1, 0.15) is 13.8 Å². The van der Waals surface area contributed by atoms with Gasteiger partial charge in [0.05, 0.1) is 0 Å². The smallest absolute Gasteiger partial charge is 0 e. The summed E-state index contributed by atoms with van der Waals surface area (Å²) < 4.78 is 0. The first-order valence-electron chi connectivity index (χ1n) is 1.90. The Morgan fingerprint density at radius 3 is 1.11 bits per heavy atom. The summed E-state index contributed by atoms with van der Waals surface area (Å²) in [6.45, 7) is 7.77. The molecule has 0 aromatic rings. The fourth-order valence-corrected chi connectivity index (χ4v) is 0. The summed E-state index contributed by atoms with van der Waals surface area (Å²) in [5.74, 6) is 0.648. The number of rotatable bonds is 1. The fraction of sp³-hybridized carbons (Fsp3) is 0.600. The molecule has 0 rings (SSSR count). The van der Waals surface area contributed by atoms with Gasteiger partial charge in [0.2, 0.25) is 0 Å². The van der Waals surface area contributed by atoms with E-state index in [9.17, 15) is 0 Å². The van der Waals surface area contributed by atoms with Crippen LogP contribution in [0.15, 0.2) is 12.7 Å². The fourth-order valence-electron chi connectivity index (χ4n) is 0. The molecule has 0 heterocycles. The van der Waals surface area contributed by atoms with Gasteiger partial charge < -0.3 is 0 Å². The van der Waals surface area contributed by atoms with Crippen molar-refractivity contribution in [2.75, 3.05) is 0 Å². The van der Waals surface area contributed by atoms with Crippen LogP contribution in [0.5, 0.6) is 0 Å². The Morgan fingerprint density at radius 2 is 1.11 bits per heavy atom. The summed E-state index contributed by atoms with van der Waals surface area (Å²) in [6, 6.07) is 0. The van der Waals surface area contributed by atoms with Crippen molar-refractivity contribution in [2.24, 2.45) is 5.92 Å². The summed E-state index contributed by atoms with van der Waals surface area (Å²) >= 11 is 0. The summed E-state index contributed by atoms with van der Waals surface area (Å²) in [5.41, 5.74) is 0. The molecule has 0 saturated carbocycles. The van der Waals surface area contributed by atoms with Gasteiger partial charge in [0.1, 0.15) is 0 Å². The third-order valence-electron chi connectivity index (χ3n) is 0.471. The van der Waals surface area contributed by atoms with Crippen molar-refractivity contribution in [2.45, 2.75) is 13.8 Å². The maximum absolute atomic E-state index is 3.56. The molecule has 0 N–H and O–H groups in total. The molecular formula is C5H10Na4. The van der Waals surface area contributed by atoms with Crippen molar-refractivity contribution in [3.63, 3.8) is 0 Å². The van der Waals surface area contributed by atoms with Gasteiger partial charge in [0, 0.05) is 118 Å². The molecule has 0 bridgehead atoms. The first-order chi connectivity index (χ1) is 2.27. The van der Waals surface area contributed by atoms with E-state index in [1.807, 2.05) is 6.08 Å². The average molecular weight is 162 g/mol. The minimum Gasteiger partial charge on any atom is -0.103 e. The maximum atomic E-state index is 3.56. The van der Waals surface area contributed by atoms with Crippen LogP contribution in [0.4, 0.5) is 0 Å². The van der Waals surface area contributed by atoms with E-state index in [1.54, 1.807) is 0 Å². The van der Waals surface area contributed by atoms with Crippen molar-refractivity contribution in [3.8, 4) is 0 Å². The Bertz CT molecular complexity index is 35.9. The molecule has 9 heavy (non-hydrogen) atoms. The largest absolute Gasteiger partial charge is 0.103 e. The van der Waals surface area contributed by atoms with E-state index in [1.165, 1.54) is 0 Å². The molecular weight excluding hydrogens is 152 g/mol. The zero-order valence-corrected chi connectivity index (χ0v) is 15.9. The van der Waals surface area contributed by atoms with Crippen LogP contribution >= 0.6 is 0 Å². The number of hydrogen-bond donors (Lipinski definition) is 0. The molecule has 0 nitrogen and oxygen atoms in total. The van der Waals surface area contributed by atoms with E-state index in [2.05, 4.69) is 20.4 Å². The summed E-state index contributed by atoms with van der Waals surface area (Å²) in [7, 11) is 0. The third kappa shape index (κ3) is 33.8. The van der Waals surface area contributed by atoms with Gasteiger partial charge in [0.25, 0.3) is 0 Å². The zero-order valence-electron chi connectivity index (χ0n) is 7.86. The van der Waals surface area contributed by atoms with E-state index in [0.717, 1.165) is 0 Å². The SMILES string of the molecule is C=CC(C)C.[Na].[Na].[Na].[Na]. The van der Waals surface area contributed by atoms with Gasteiger partial charge in [-0.25, -0.2) is 0 Å². The Hall–Kier alpha value is 3.74. The third-order valence-corrected chi connectivity index (χ3v) is 0.471. The Labute approximate surface area is 147 Å². The Morgan fingerprint density at radius 1 is 1.00 bits per heavy atom. The second-order valence-corrected chi connectivity index (χ2v) is 1.48. The normalized spacial score (nSPS) is 4.78. The van der Waals surface area contributed by atoms with E-state index in [0.29, 0.717) is 5.92 Å². The minimum absolute atomic E-state index is 0. The van der Waals surface area contributed by atoms with Crippen LogP contribution in [0.25, 0.3) is 0 Å². The summed E-state index contributed by atoms with van der Waals surface area (Å²) in [5, 5.41) is 0. The van der Waals surface area contributed by atoms with Crippen molar-refractivity contribution in [1.82, 2.24) is 0 Å². The molecule has 0 amide bonds. The summed E-state index contributed by atoms with van der Waals surface area (Å²) in [6.07, 6.45) is 1.92. The van der Waals surface area contributed by atoms with Gasteiger partial charge in [-0.3, -0.25) is 0 Å². The molecule has 0 atom stereocenters. The predicted octanol–water partition coefficient (Wildman–Crippen LogP) is 0.305. The molecule has 0 aromatic carbocycles. The van der Waals surface area contributed by atoms with E-state index < -0.39 is 0 Å². The Balaban J connectivity index is -0.0000000133. The molecule has 0 spiro atoms. The molecule has 4 radical (unpaired) electrons. The van der Waals surface area contributed by atoms with Gasteiger partial charge in [-0.05, 0) is 5.92 Å². The van der Waals surface area contributed by atoms with Gasteiger partial charge in [-0.15, -0.1) is 6.58 Å². The van der Waals surface area contributed by atoms with Crippen molar-refractivity contribution >= 4 is 118 Å². The minimum atomic E-state index is 0. The average Bonchev–Trinajstić information content (AvgIpc) is 1.38. The van der Waals surface area contributed by atoms with Gasteiger partial charge in [0.15, 0.2) is 0 Å². The first kappa shape index (κ1) is 29.3. The van der Waals surface area contributed by atoms with Crippen LogP contribution in [0, 0.1) is 5.92 Å². The molecule has 34 valence electrons. The van der Waals surface area contributed by atoms with E-state index in [-0.39, 0.29) is 118 Å².